The molecule has 2 rings (SSSR count). The molecule has 100 valence electrons. The van der Waals surface area contributed by atoms with Gasteiger partial charge in [0.1, 0.15) is 11.5 Å². The Balaban J connectivity index is 1.82. The van der Waals surface area contributed by atoms with E-state index in [2.05, 4.69) is 11.5 Å². The van der Waals surface area contributed by atoms with Gasteiger partial charge < -0.3 is 5.11 Å². The summed E-state index contributed by atoms with van der Waals surface area (Å²) >= 11 is 0. The second-order valence-electron chi connectivity index (χ2n) is 4.53. The van der Waals surface area contributed by atoms with Crippen molar-refractivity contribution in [3.63, 3.8) is 0 Å². The Bertz CT molecular complexity index is 650. The second-order valence-corrected chi connectivity index (χ2v) is 4.53. The number of aryl methyl sites for hydroxylation is 1. The van der Waals surface area contributed by atoms with Crippen molar-refractivity contribution in [3.05, 3.63) is 65.1 Å². The Kier molecular flexibility index (Phi) is 4.52. The van der Waals surface area contributed by atoms with Crippen LogP contribution in [0.3, 0.4) is 0 Å². The molecule has 0 bridgehead atoms. The number of ketones is 2. The molecule has 0 saturated carbocycles. The molecule has 0 radical (unpaired) electrons. The topological polar surface area (TPSA) is 54.4 Å². The molecule has 0 unspecified atom stereocenters. The van der Waals surface area contributed by atoms with Crippen LogP contribution in [0.15, 0.2) is 59.5 Å². The van der Waals surface area contributed by atoms with Crippen molar-refractivity contribution in [1.29, 1.82) is 0 Å². The van der Waals surface area contributed by atoms with Crippen LogP contribution < -0.4 is 0 Å². The van der Waals surface area contributed by atoms with Crippen molar-refractivity contribution in [2.24, 2.45) is 0 Å². The summed E-state index contributed by atoms with van der Waals surface area (Å²) in [5.41, 5.74) is 6.86. The molecule has 1 N–H and O–H groups in total. The molecule has 0 heterocycles. The minimum Gasteiger partial charge on any atom is -0.508 e. The van der Waals surface area contributed by atoms with Gasteiger partial charge in [-0.15, -0.1) is 0 Å². The molecule has 0 aromatic heterocycles. The number of carbonyl (C=O) groups excluding carboxylic acids is 2. The Morgan fingerprint density at radius 3 is 2.50 bits per heavy atom. The van der Waals surface area contributed by atoms with Gasteiger partial charge in [-0.3, -0.25) is 9.59 Å². The van der Waals surface area contributed by atoms with Crippen molar-refractivity contribution >= 4 is 11.6 Å². The fourth-order valence-corrected chi connectivity index (χ4v) is 1.84. The molecule has 0 fully saturated rings. The predicted molar refractivity (Wildman–Crippen MR) is 75.3 cm³/mol. The molecule has 20 heavy (non-hydrogen) atoms. The number of benzene rings is 1. The van der Waals surface area contributed by atoms with Crippen molar-refractivity contribution in [3.8, 4) is 5.75 Å². The van der Waals surface area contributed by atoms with E-state index in [0.29, 0.717) is 18.4 Å². The monoisotopic (exact) mass is 266 g/mol. The largest absolute Gasteiger partial charge is 0.508 e. The molecule has 1 aliphatic carbocycles. The van der Waals surface area contributed by atoms with Gasteiger partial charge in [-0.2, -0.15) is 0 Å². The van der Waals surface area contributed by atoms with Crippen molar-refractivity contribution in [1.82, 2.24) is 0 Å². The summed E-state index contributed by atoms with van der Waals surface area (Å²) in [4.78, 5) is 23.6. The normalized spacial score (nSPS) is 12.3. The van der Waals surface area contributed by atoms with Crippen LogP contribution in [0.25, 0.3) is 0 Å². The van der Waals surface area contributed by atoms with Crippen LogP contribution in [-0.4, -0.2) is 16.7 Å². The van der Waals surface area contributed by atoms with Gasteiger partial charge in [0.15, 0.2) is 5.78 Å². The lowest BCUT2D eigenvalue weighted by Crippen LogP contribution is -2.10. The average molecular weight is 266 g/mol. The van der Waals surface area contributed by atoms with Crippen molar-refractivity contribution in [2.45, 2.75) is 19.3 Å². The van der Waals surface area contributed by atoms with E-state index in [4.69, 9.17) is 5.11 Å². The third-order valence-corrected chi connectivity index (χ3v) is 2.97. The van der Waals surface area contributed by atoms with E-state index < -0.39 is 0 Å². The summed E-state index contributed by atoms with van der Waals surface area (Å²) < 4.78 is 0. The first kappa shape index (κ1) is 13.8. The van der Waals surface area contributed by atoms with Crippen LogP contribution in [-0.2, 0) is 16.0 Å². The molecule has 1 aliphatic rings. The SMILES string of the molecule is O=C(CCc1ccc(O)cc1)CC(=O)C1=CC=C=C=C1. The lowest BCUT2D eigenvalue weighted by Gasteiger charge is -2.03. The number of hydrogen-bond acceptors (Lipinski definition) is 3. The summed E-state index contributed by atoms with van der Waals surface area (Å²) in [6, 6.07) is 6.71. The van der Waals surface area contributed by atoms with Gasteiger partial charge in [0.05, 0.1) is 6.42 Å². The highest BCUT2D eigenvalue weighted by molar-refractivity contribution is 6.09. The van der Waals surface area contributed by atoms with Gasteiger partial charge in [-0.1, -0.05) is 23.6 Å². The molecule has 0 amide bonds. The number of carbonyl (C=O) groups is 2. The molecule has 3 nitrogen and oxygen atoms in total. The zero-order valence-electron chi connectivity index (χ0n) is 10.9. The van der Waals surface area contributed by atoms with E-state index in [-0.39, 0.29) is 23.7 Å². The van der Waals surface area contributed by atoms with Crippen LogP contribution in [0.5, 0.6) is 5.75 Å². The first-order valence-corrected chi connectivity index (χ1v) is 6.36. The van der Waals surface area contributed by atoms with Gasteiger partial charge in [0.25, 0.3) is 0 Å². The smallest absolute Gasteiger partial charge is 0.170 e. The Hall–Kier alpha value is -2.60. The van der Waals surface area contributed by atoms with Crippen LogP contribution in [0.2, 0.25) is 0 Å². The summed E-state index contributed by atoms with van der Waals surface area (Å²) in [6.45, 7) is 0. The zero-order valence-corrected chi connectivity index (χ0v) is 10.9. The van der Waals surface area contributed by atoms with E-state index in [1.54, 1.807) is 36.4 Å². The minimum atomic E-state index is -0.189. The third-order valence-electron chi connectivity index (χ3n) is 2.97. The fraction of sp³-hybridized carbons (Fsp3) is 0.176. The molecule has 0 spiro atoms. The number of rotatable bonds is 6. The van der Waals surface area contributed by atoms with Gasteiger partial charge in [0, 0.05) is 12.0 Å². The molecule has 0 aliphatic heterocycles. The maximum absolute atomic E-state index is 11.8. The van der Waals surface area contributed by atoms with Gasteiger partial charge in [0.2, 0.25) is 0 Å². The lowest BCUT2D eigenvalue weighted by molar-refractivity contribution is -0.125. The van der Waals surface area contributed by atoms with Crippen LogP contribution >= 0.6 is 0 Å². The van der Waals surface area contributed by atoms with Crippen LogP contribution in [0.4, 0.5) is 0 Å². The first-order chi connectivity index (χ1) is 9.65. The van der Waals surface area contributed by atoms with E-state index in [1.165, 1.54) is 6.08 Å². The Labute approximate surface area is 117 Å². The minimum absolute atomic E-state index is 0.0871. The summed E-state index contributed by atoms with van der Waals surface area (Å²) in [7, 11) is 0. The highest BCUT2D eigenvalue weighted by Crippen LogP contribution is 2.12. The van der Waals surface area contributed by atoms with Crippen molar-refractivity contribution in [2.75, 3.05) is 0 Å². The summed E-state index contributed by atoms with van der Waals surface area (Å²) in [5, 5.41) is 9.16. The molecule has 3 heteroatoms. The molecule has 0 saturated heterocycles. The molecular formula is C17H14O3. The quantitative estimate of drug-likeness (QED) is 0.636. The molecular weight excluding hydrogens is 252 g/mol. The van der Waals surface area contributed by atoms with E-state index in [1.807, 2.05) is 0 Å². The van der Waals surface area contributed by atoms with Gasteiger partial charge in [-0.05, 0) is 42.3 Å². The third kappa shape index (κ3) is 3.96. The lowest BCUT2D eigenvalue weighted by atomic mass is 10.0. The first-order valence-electron chi connectivity index (χ1n) is 6.36. The standard InChI is InChI=1S/C17H14O3/c18-15-9-6-13(7-10-15)8-11-16(19)12-17(20)14-4-2-1-3-5-14/h2,4-7,9-10,18H,8,11-12H2. The highest BCUT2D eigenvalue weighted by atomic mass is 16.3. The fourth-order valence-electron chi connectivity index (χ4n) is 1.84. The van der Waals surface area contributed by atoms with E-state index in [9.17, 15) is 9.59 Å². The number of phenols is 1. The number of aromatic hydroxyl groups is 1. The van der Waals surface area contributed by atoms with Crippen LogP contribution in [0.1, 0.15) is 18.4 Å². The maximum atomic E-state index is 11.8. The zero-order chi connectivity index (χ0) is 14.4. The summed E-state index contributed by atoms with van der Waals surface area (Å²) in [6.07, 6.45) is 5.58. The molecule has 1 aromatic carbocycles. The van der Waals surface area contributed by atoms with Crippen LogP contribution in [0, 0.1) is 0 Å². The van der Waals surface area contributed by atoms with Crippen molar-refractivity contribution < 1.29 is 14.7 Å². The molecule has 1 aromatic rings. The second kappa shape index (κ2) is 6.53. The number of phenolic OH excluding ortho intramolecular Hbond substituents is 1. The van der Waals surface area contributed by atoms with Gasteiger partial charge >= 0.3 is 0 Å². The predicted octanol–water partition coefficient (Wildman–Crippen LogP) is 2.66. The Morgan fingerprint density at radius 1 is 1.10 bits per heavy atom. The molecule has 0 atom stereocenters. The average Bonchev–Trinajstić information content (AvgIpc) is 2.47. The Morgan fingerprint density at radius 2 is 1.85 bits per heavy atom. The summed E-state index contributed by atoms with van der Waals surface area (Å²) in [5.74, 6) is -0.0748. The van der Waals surface area contributed by atoms with E-state index >= 15 is 0 Å². The number of hydrogen-bond donors (Lipinski definition) is 1. The van der Waals surface area contributed by atoms with Gasteiger partial charge in [-0.25, -0.2) is 0 Å². The maximum Gasteiger partial charge on any atom is 0.170 e. The van der Waals surface area contributed by atoms with E-state index in [0.717, 1.165) is 5.56 Å². The highest BCUT2D eigenvalue weighted by Gasteiger charge is 2.12. The number of allylic oxidation sites excluding steroid dienone is 4. The number of Topliss-reactive ketones (excluding diaryl/α,β-unsaturated/α-hetero) is 2.